The van der Waals surface area contributed by atoms with E-state index in [1.165, 1.54) is 0 Å². The lowest BCUT2D eigenvalue weighted by atomic mass is 9.43. The zero-order valence-electron chi connectivity index (χ0n) is 21.0. The molecule has 6 nitrogen and oxygen atoms in total. The molecule has 6 heteroatoms. The summed E-state index contributed by atoms with van der Waals surface area (Å²) in [6.07, 6.45) is 7.18. The van der Waals surface area contributed by atoms with Gasteiger partial charge in [0.15, 0.2) is 5.78 Å². The number of epoxide rings is 1. The molecule has 3 saturated carbocycles. The van der Waals surface area contributed by atoms with Crippen molar-refractivity contribution in [3.8, 4) is 0 Å². The first kappa shape index (κ1) is 22.9. The highest BCUT2D eigenvalue weighted by atomic mass is 16.6. The van der Waals surface area contributed by atoms with Gasteiger partial charge in [-0.15, -0.1) is 0 Å². The lowest BCUT2D eigenvalue weighted by Gasteiger charge is -2.60. The molecule has 34 heavy (non-hydrogen) atoms. The number of allylic oxidation sites excluding steroid dienone is 1. The number of fused-ring (bicyclic) bond motifs is 8. The van der Waals surface area contributed by atoms with Crippen LogP contribution in [0.25, 0.3) is 0 Å². The molecule has 4 aliphatic carbocycles. The third kappa shape index (κ3) is 2.58. The highest BCUT2D eigenvalue weighted by Gasteiger charge is 2.78. The van der Waals surface area contributed by atoms with Gasteiger partial charge in [-0.3, -0.25) is 4.79 Å². The minimum atomic E-state index is -1.14. The van der Waals surface area contributed by atoms with Crippen LogP contribution in [0.15, 0.2) is 23.3 Å². The molecule has 0 bridgehead atoms. The Hall–Kier alpha value is -1.50. The van der Waals surface area contributed by atoms with Gasteiger partial charge >= 0.3 is 5.97 Å². The summed E-state index contributed by atoms with van der Waals surface area (Å²) in [7, 11) is 0. The number of ketones is 1. The van der Waals surface area contributed by atoms with E-state index >= 15 is 0 Å². The Labute approximate surface area is 201 Å². The summed E-state index contributed by atoms with van der Waals surface area (Å²) < 4.78 is 12.0. The van der Waals surface area contributed by atoms with E-state index in [1.54, 1.807) is 13.0 Å². The van der Waals surface area contributed by atoms with E-state index in [0.29, 0.717) is 24.3 Å². The van der Waals surface area contributed by atoms with Gasteiger partial charge in [0.05, 0.1) is 11.5 Å². The van der Waals surface area contributed by atoms with E-state index < -0.39 is 22.7 Å². The maximum atomic E-state index is 13.3. The van der Waals surface area contributed by atoms with Gasteiger partial charge in [0.25, 0.3) is 0 Å². The Kier molecular flexibility index (Phi) is 4.61. The first-order valence-electron chi connectivity index (χ1n) is 13.1. The molecule has 186 valence electrons. The van der Waals surface area contributed by atoms with Crippen LogP contribution in [0.3, 0.4) is 0 Å². The molecule has 2 aliphatic heterocycles. The van der Waals surface area contributed by atoms with Gasteiger partial charge in [-0.2, -0.15) is 0 Å². The summed E-state index contributed by atoms with van der Waals surface area (Å²) in [5.74, 6) is 0.263. The third-order valence-electron chi connectivity index (χ3n) is 11.6. The van der Waals surface area contributed by atoms with E-state index in [-0.39, 0.29) is 47.1 Å². The van der Waals surface area contributed by atoms with Crippen LogP contribution in [0.2, 0.25) is 0 Å². The predicted molar refractivity (Wildman–Crippen MR) is 125 cm³/mol. The van der Waals surface area contributed by atoms with Gasteiger partial charge in [-0.1, -0.05) is 18.6 Å². The Morgan fingerprint density at radius 3 is 2.56 bits per heavy atom. The molecule has 2 N–H and O–H groups in total. The standard InChI is InChI=1S/C28H38O6/c1-14-13-20(33-24(30)15(14)2)27(5,31)18-9-8-16-21-17(10-12-25(16,18)3)26(4)19(29)7-6-11-28(26,32)23-22(21)34-23/h6-7,16-18,20-23,31-32H,8-13H2,1-5H3/t16-,17-,18-,20+,21-,22-,23-,25-,26-,27+,28-/m0/s1. The van der Waals surface area contributed by atoms with E-state index in [9.17, 15) is 19.8 Å². The van der Waals surface area contributed by atoms with Crippen LogP contribution in [0.4, 0.5) is 0 Å². The molecular formula is C28H38O6. The quantitative estimate of drug-likeness (QED) is 0.474. The lowest BCUT2D eigenvalue weighted by Crippen LogP contribution is -2.67. The van der Waals surface area contributed by atoms with Crippen LogP contribution in [-0.4, -0.2) is 51.5 Å². The molecule has 0 aromatic rings. The normalized spacial score (nSPS) is 53.3. The number of hydrogen-bond donors (Lipinski definition) is 2. The van der Waals surface area contributed by atoms with Crippen molar-refractivity contribution in [2.45, 2.75) is 103 Å². The van der Waals surface area contributed by atoms with Crippen LogP contribution < -0.4 is 0 Å². The van der Waals surface area contributed by atoms with Crippen molar-refractivity contribution in [3.05, 3.63) is 23.3 Å². The zero-order valence-corrected chi connectivity index (χ0v) is 21.0. The second-order valence-electron chi connectivity index (χ2n) is 12.8. The monoisotopic (exact) mass is 470 g/mol. The second-order valence-corrected chi connectivity index (χ2v) is 12.8. The fourth-order valence-electron chi connectivity index (χ4n) is 9.36. The van der Waals surface area contributed by atoms with Gasteiger partial charge in [0.2, 0.25) is 0 Å². The molecule has 2 heterocycles. The highest BCUT2D eigenvalue weighted by molar-refractivity contribution is 5.97. The molecule has 1 saturated heterocycles. The average molecular weight is 471 g/mol. The highest BCUT2D eigenvalue weighted by Crippen LogP contribution is 2.72. The molecule has 0 radical (unpaired) electrons. The van der Waals surface area contributed by atoms with Gasteiger partial charge < -0.3 is 19.7 Å². The SMILES string of the molecule is CC1=C(C)C(=O)O[C@@H]([C@](C)(O)[C@H]2CC[C@H]3[C@@H]4[C@@H]5O[C@@H]5[C@@]5(O)CC=CC(=O)[C@]5(C)[C@H]4CC[C@]23C)C1. The minimum Gasteiger partial charge on any atom is -0.456 e. The predicted octanol–water partition coefficient (Wildman–Crippen LogP) is 3.50. The zero-order chi connectivity index (χ0) is 24.4. The molecular weight excluding hydrogens is 432 g/mol. The van der Waals surface area contributed by atoms with Crippen molar-refractivity contribution in [2.75, 3.05) is 0 Å². The van der Waals surface area contributed by atoms with E-state index in [1.807, 2.05) is 26.8 Å². The summed E-state index contributed by atoms with van der Waals surface area (Å²) >= 11 is 0. The molecule has 0 amide bonds. The molecule has 11 atom stereocenters. The first-order valence-corrected chi connectivity index (χ1v) is 13.1. The van der Waals surface area contributed by atoms with Crippen LogP contribution >= 0.6 is 0 Å². The number of carbonyl (C=O) groups excluding carboxylic acids is 2. The molecule has 0 aromatic heterocycles. The van der Waals surface area contributed by atoms with E-state index in [0.717, 1.165) is 31.3 Å². The van der Waals surface area contributed by atoms with Crippen molar-refractivity contribution >= 4 is 11.8 Å². The molecule has 0 spiro atoms. The van der Waals surface area contributed by atoms with E-state index in [2.05, 4.69) is 6.92 Å². The Morgan fingerprint density at radius 2 is 1.85 bits per heavy atom. The van der Waals surface area contributed by atoms with Gasteiger partial charge in [-0.25, -0.2) is 4.79 Å². The Morgan fingerprint density at radius 1 is 1.12 bits per heavy atom. The maximum absolute atomic E-state index is 13.3. The van der Waals surface area contributed by atoms with E-state index in [4.69, 9.17) is 9.47 Å². The molecule has 6 rings (SSSR count). The molecule has 4 fully saturated rings. The van der Waals surface area contributed by atoms with Crippen LogP contribution in [0, 0.1) is 34.5 Å². The van der Waals surface area contributed by atoms with Gasteiger partial charge in [-0.05, 0) is 95.0 Å². The molecule has 0 unspecified atom stereocenters. The summed E-state index contributed by atoms with van der Waals surface area (Å²) in [6.45, 7) is 9.86. The largest absolute Gasteiger partial charge is 0.456 e. The molecule has 0 aromatic carbocycles. The maximum Gasteiger partial charge on any atom is 0.334 e. The first-order chi connectivity index (χ1) is 15.9. The smallest absolute Gasteiger partial charge is 0.334 e. The van der Waals surface area contributed by atoms with Crippen LogP contribution in [-0.2, 0) is 19.1 Å². The number of cyclic esters (lactones) is 1. The summed E-state index contributed by atoms with van der Waals surface area (Å²) in [6, 6.07) is 0. The number of carbonyl (C=O) groups is 2. The number of rotatable bonds is 2. The Bertz CT molecular complexity index is 1030. The summed E-state index contributed by atoms with van der Waals surface area (Å²) in [4.78, 5) is 25.7. The lowest BCUT2D eigenvalue weighted by molar-refractivity contribution is -0.195. The van der Waals surface area contributed by atoms with Crippen LogP contribution in [0.5, 0.6) is 0 Å². The van der Waals surface area contributed by atoms with Crippen molar-refractivity contribution in [2.24, 2.45) is 34.5 Å². The number of ether oxygens (including phenoxy) is 2. The summed E-state index contributed by atoms with van der Waals surface area (Å²) in [5.41, 5.74) is -1.60. The van der Waals surface area contributed by atoms with Gasteiger partial charge in [0.1, 0.15) is 23.4 Å². The number of esters is 1. The van der Waals surface area contributed by atoms with Crippen LogP contribution in [0.1, 0.15) is 73.1 Å². The summed E-state index contributed by atoms with van der Waals surface area (Å²) in [5, 5.41) is 23.6. The second kappa shape index (κ2) is 6.83. The third-order valence-corrected chi connectivity index (χ3v) is 11.6. The van der Waals surface area contributed by atoms with Crippen molar-refractivity contribution in [1.29, 1.82) is 0 Å². The molecule has 6 aliphatic rings. The number of hydrogen-bond acceptors (Lipinski definition) is 6. The number of aliphatic hydroxyl groups is 2. The fraction of sp³-hybridized carbons (Fsp3) is 0.786. The minimum absolute atomic E-state index is 0.0114. The van der Waals surface area contributed by atoms with Crippen molar-refractivity contribution in [1.82, 2.24) is 0 Å². The van der Waals surface area contributed by atoms with Crippen molar-refractivity contribution in [3.63, 3.8) is 0 Å². The van der Waals surface area contributed by atoms with Crippen molar-refractivity contribution < 1.29 is 29.3 Å². The Balaban J connectivity index is 1.33. The fourth-order valence-corrected chi connectivity index (χ4v) is 9.36. The topological polar surface area (TPSA) is 96.4 Å². The van der Waals surface area contributed by atoms with Gasteiger partial charge in [0, 0.05) is 12.0 Å². The average Bonchev–Trinajstić information content (AvgIpc) is 3.49.